The molecule has 0 radical (unpaired) electrons. The van der Waals surface area contributed by atoms with E-state index in [1.54, 1.807) is 6.92 Å². The van der Waals surface area contributed by atoms with E-state index in [1.165, 1.54) is 11.9 Å². The molecule has 1 fully saturated rings. The smallest absolute Gasteiger partial charge is 0.371 e. The third kappa shape index (κ3) is 2.23. The van der Waals surface area contributed by atoms with Gasteiger partial charge in [0.25, 0.3) is 0 Å². The van der Waals surface area contributed by atoms with Gasteiger partial charge < -0.3 is 10.0 Å². The summed E-state index contributed by atoms with van der Waals surface area (Å²) in [5, 5.41) is 9.88. The van der Waals surface area contributed by atoms with Crippen molar-refractivity contribution in [3.8, 4) is 0 Å². The molecule has 1 saturated heterocycles. The van der Waals surface area contributed by atoms with Crippen LogP contribution in [-0.4, -0.2) is 40.3 Å². The largest absolute Gasteiger partial charge is 0.417 e. The van der Waals surface area contributed by atoms with E-state index in [1.807, 2.05) is 0 Å². The van der Waals surface area contributed by atoms with Crippen LogP contribution in [0.15, 0.2) is 18.3 Å². The zero-order chi connectivity index (χ0) is 14.4. The van der Waals surface area contributed by atoms with Crippen molar-refractivity contribution in [2.75, 3.05) is 11.9 Å². The van der Waals surface area contributed by atoms with Gasteiger partial charge in [-0.15, -0.1) is 0 Å². The van der Waals surface area contributed by atoms with Crippen LogP contribution in [0.3, 0.4) is 0 Å². The molecule has 1 aliphatic heterocycles. The molecule has 2 rings (SSSR count). The maximum Gasteiger partial charge on any atom is 0.417 e. The number of aliphatic hydroxyl groups excluding tert-OH is 1. The predicted octanol–water partition coefficient (Wildman–Crippen LogP) is 1.68. The lowest BCUT2D eigenvalue weighted by Crippen LogP contribution is -2.36. The number of aliphatic hydroxyl groups is 1. The van der Waals surface area contributed by atoms with Crippen molar-refractivity contribution in [3.05, 3.63) is 23.9 Å². The highest BCUT2D eigenvalue weighted by Gasteiger charge is 2.42. The Kier molecular flexibility index (Phi) is 3.13. The first-order valence-corrected chi connectivity index (χ1v) is 5.51. The highest BCUT2D eigenvalue weighted by Crippen LogP contribution is 2.31. The van der Waals surface area contributed by atoms with Crippen LogP contribution in [0.2, 0.25) is 0 Å². The molecule has 0 aliphatic carbocycles. The number of pyridine rings is 1. The van der Waals surface area contributed by atoms with Crippen LogP contribution in [0.1, 0.15) is 12.5 Å². The number of aromatic nitrogens is 1. The van der Waals surface area contributed by atoms with Crippen molar-refractivity contribution >= 4 is 11.8 Å². The number of anilines is 1. The number of hydrogen-bond donors (Lipinski definition) is 1. The number of alkyl halides is 3. The molecule has 2 amide bonds. The number of rotatable bonds is 1. The summed E-state index contributed by atoms with van der Waals surface area (Å²) < 4.78 is 37.2. The van der Waals surface area contributed by atoms with Gasteiger partial charge in [0, 0.05) is 13.2 Å². The number of carbonyl (C=O) groups is 1. The van der Waals surface area contributed by atoms with Crippen molar-refractivity contribution in [2.45, 2.75) is 25.4 Å². The highest BCUT2D eigenvalue weighted by atomic mass is 19.4. The standard InChI is InChI=1S/C11H12F3N3O2/c1-6-9(18)17(10(19)16(6)2)8-4-3-7(5-15-8)11(12,13)14/h3-6,9,18H,1-2H3. The van der Waals surface area contributed by atoms with Crippen molar-refractivity contribution < 1.29 is 23.1 Å². The fraction of sp³-hybridized carbons (Fsp3) is 0.455. The molecular weight excluding hydrogens is 263 g/mol. The summed E-state index contributed by atoms with van der Waals surface area (Å²) in [4.78, 5) is 17.7. The van der Waals surface area contributed by atoms with Crippen molar-refractivity contribution in [1.29, 1.82) is 0 Å². The molecule has 8 heteroatoms. The van der Waals surface area contributed by atoms with Crippen LogP contribution < -0.4 is 4.90 Å². The van der Waals surface area contributed by atoms with E-state index >= 15 is 0 Å². The van der Waals surface area contributed by atoms with Gasteiger partial charge in [-0.25, -0.2) is 14.7 Å². The van der Waals surface area contributed by atoms with Gasteiger partial charge in [-0.05, 0) is 19.1 Å². The molecule has 0 saturated carbocycles. The quantitative estimate of drug-likeness (QED) is 0.848. The minimum atomic E-state index is -4.48. The van der Waals surface area contributed by atoms with E-state index in [4.69, 9.17) is 0 Å². The number of nitrogens with zero attached hydrogens (tertiary/aromatic N) is 3. The molecule has 19 heavy (non-hydrogen) atoms. The molecule has 1 aromatic rings. The van der Waals surface area contributed by atoms with Gasteiger partial charge >= 0.3 is 12.2 Å². The molecule has 2 heterocycles. The summed E-state index contributed by atoms with van der Waals surface area (Å²) in [6, 6.07) is 0.921. The van der Waals surface area contributed by atoms with Crippen LogP contribution in [0.4, 0.5) is 23.8 Å². The van der Waals surface area contributed by atoms with E-state index in [2.05, 4.69) is 4.98 Å². The normalized spacial score (nSPS) is 24.2. The Morgan fingerprint density at radius 3 is 2.37 bits per heavy atom. The summed E-state index contributed by atoms with van der Waals surface area (Å²) in [5.41, 5.74) is -0.904. The Hall–Kier alpha value is -1.83. The zero-order valence-electron chi connectivity index (χ0n) is 10.2. The molecular formula is C11H12F3N3O2. The maximum absolute atomic E-state index is 12.4. The Labute approximate surface area is 107 Å². The first-order valence-electron chi connectivity index (χ1n) is 5.51. The monoisotopic (exact) mass is 275 g/mol. The number of likely N-dealkylation sites (N-methyl/N-ethyl adjacent to an activating group) is 1. The number of halogens is 3. The highest BCUT2D eigenvalue weighted by molar-refractivity contribution is 5.93. The Balaban J connectivity index is 2.31. The lowest BCUT2D eigenvalue weighted by atomic mass is 10.2. The topological polar surface area (TPSA) is 56.7 Å². The Morgan fingerprint density at radius 2 is 2.00 bits per heavy atom. The predicted molar refractivity (Wildman–Crippen MR) is 60.3 cm³/mol. The van der Waals surface area contributed by atoms with Gasteiger partial charge in [-0.1, -0.05) is 0 Å². The van der Waals surface area contributed by atoms with E-state index < -0.39 is 30.0 Å². The molecule has 2 unspecified atom stereocenters. The van der Waals surface area contributed by atoms with Crippen molar-refractivity contribution in [1.82, 2.24) is 9.88 Å². The minimum Gasteiger partial charge on any atom is -0.371 e. The lowest BCUT2D eigenvalue weighted by Gasteiger charge is -2.19. The molecule has 0 aromatic carbocycles. The summed E-state index contributed by atoms with van der Waals surface area (Å²) >= 11 is 0. The summed E-state index contributed by atoms with van der Waals surface area (Å²) in [5.74, 6) is -0.0123. The van der Waals surface area contributed by atoms with Gasteiger partial charge in [0.2, 0.25) is 0 Å². The fourth-order valence-corrected chi connectivity index (χ4v) is 1.80. The first kappa shape index (κ1) is 13.6. The SMILES string of the molecule is CC1C(O)N(c2ccc(C(F)(F)F)cn2)C(=O)N1C. The summed E-state index contributed by atoms with van der Waals surface area (Å²) in [6.45, 7) is 1.63. The second-order valence-corrected chi connectivity index (χ2v) is 4.32. The zero-order valence-corrected chi connectivity index (χ0v) is 10.2. The first-order chi connectivity index (χ1) is 8.73. The molecule has 5 nitrogen and oxygen atoms in total. The van der Waals surface area contributed by atoms with Crippen LogP contribution in [0, 0.1) is 0 Å². The average molecular weight is 275 g/mol. The molecule has 1 aromatic heterocycles. The van der Waals surface area contributed by atoms with E-state index in [-0.39, 0.29) is 5.82 Å². The summed E-state index contributed by atoms with van der Waals surface area (Å²) in [6.07, 6.45) is -4.98. The third-order valence-electron chi connectivity index (χ3n) is 3.14. The third-order valence-corrected chi connectivity index (χ3v) is 3.14. The molecule has 1 aliphatic rings. The number of urea groups is 1. The number of hydrogen-bond acceptors (Lipinski definition) is 3. The van der Waals surface area contributed by atoms with Crippen LogP contribution in [-0.2, 0) is 6.18 Å². The molecule has 0 bridgehead atoms. The summed E-state index contributed by atoms with van der Waals surface area (Å²) in [7, 11) is 1.50. The number of carbonyl (C=O) groups excluding carboxylic acids is 1. The molecule has 104 valence electrons. The van der Waals surface area contributed by atoms with Crippen molar-refractivity contribution in [2.24, 2.45) is 0 Å². The Morgan fingerprint density at radius 1 is 1.37 bits per heavy atom. The van der Waals surface area contributed by atoms with Gasteiger partial charge in [0.05, 0.1) is 11.6 Å². The Bertz CT molecular complexity index is 489. The molecule has 1 N–H and O–H groups in total. The van der Waals surface area contributed by atoms with Gasteiger partial charge in [0.15, 0.2) is 6.23 Å². The maximum atomic E-state index is 12.4. The van der Waals surface area contributed by atoms with E-state index in [0.717, 1.165) is 17.0 Å². The van der Waals surface area contributed by atoms with Crippen LogP contribution in [0.5, 0.6) is 0 Å². The van der Waals surface area contributed by atoms with E-state index in [0.29, 0.717) is 6.20 Å². The van der Waals surface area contributed by atoms with E-state index in [9.17, 15) is 23.1 Å². The fourth-order valence-electron chi connectivity index (χ4n) is 1.80. The van der Waals surface area contributed by atoms with Crippen LogP contribution >= 0.6 is 0 Å². The van der Waals surface area contributed by atoms with Crippen LogP contribution in [0.25, 0.3) is 0 Å². The van der Waals surface area contributed by atoms with Gasteiger partial charge in [-0.3, -0.25) is 0 Å². The lowest BCUT2D eigenvalue weighted by molar-refractivity contribution is -0.137. The minimum absolute atomic E-state index is 0.0123. The molecule has 2 atom stereocenters. The van der Waals surface area contributed by atoms with Gasteiger partial charge in [0.1, 0.15) is 5.82 Å². The number of amides is 2. The second-order valence-electron chi connectivity index (χ2n) is 4.32. The van der Waals surface area contributed by atoms with Gasteiger partial charge in [-0.2, -0.15) is 13.2 Å². The average Bonchev–Trinajstić information content (AvgIpc) is 2.53. The molecule has 0 spiro atoms. The van der Waals surface area contributed by atoms with Crippen molar-refractivity contribution in [3.63, 3.8) is 0 Å². The second kappa shape index (κ2) is 4.37.